The molecule has 1 heterocycles. The SMILES string of the molecule is CC(C)(C)OC(=O)Nc1ccc2c(c1)N(S(=O)(=O)c1cccc(C(F)(F)F)c1)CC(CC(=O)NS(=O)(=O)c1cccc(F)c1)O2. The van der Waals surface area contributed by atoms with Gasteiger partial charge in [-0.3, -0.25) is 14.4 Å². The van der Waals surface area contributed by atoms with Crippen LogP contribution in [0.4, 0.5) is 33.7 Å². The van der Waals surface area contributed by atoms with Crippen LogP contribution in [0.1, 0.15) is 32.8 Å². The number of nitrogens with one attached hydrogen (secondary N) is 2. The third kappa shape index (κ3) is 8.21. The maximum atomic E-state index is 13.8. The van der Waals surface area contributed by atoms with Crippen molar-refractivity contribution >= 4 is 43.4 Å². The standard InChI is InChI=1S/C28H27F4N3O8S2/c1-27(2,3)43-26(37)33-19-10-11-24-23(14-19)35(45(40,41)22-9-4-6-17(12-22)28(30,31)32)16-20(42-24)15-25(36)34-44(38,39)21-8-5-7-18(29)13-21/h4-14,20H,15-16H2,1-3H3,(H,33,37)(H,34,36). The molecule has 2 N–H and O–H groups in total. The van der Waals surface area contributed by atoms with Crippen molar-refractivity contribution in [1.29, 1.82) is 0 Å². The molecule has 1 atom stereocenters. The molecular formula is C28H27F4N3O8S2. The van der Waals surface area contributed by atoms with Crippen molar-refractivity contribution in [2.24, 2.45) is 0 Å². The average Bonchev–Trinajstić information content (AvgIpc) is 2.91. The Morgan fingerprint density at radius 2 is 1.62 bits per heavy atom. The second-order valence-corrected chi connectivity index (χ2v) is 14.3. The van der Waals surface area contributed by atoms with Gasteiger partial charge in [0.1, 0.15) is 23.3 Å². The Morgan fingerprint density at radius 3 is 2.27 bits per heavy atom. The van der Waals surface area contributed by atoms with Crippen molar-refractivity contribution in [3.8, 4) is 5.75 Å². The van der Waals surface area contributed by atoms with Crippen LogP contribution >= 0.6 is 0 Å². The van der Waals surface area contributed by atoms with Gasteiger partial charge >= 0.3 is 12.3 Å². The van der Waals surface area contributed by atoms with Gasteiger partial charge in [-0.1, -0.05) is 12.1 Å². The lowest BCUT2D eigenvalue weighted by molar-refractivity contribution is -0.137. The van der Waals surface area contributed by atoms with E-state index >= 15 is 0 Å². The van der Waals surface area contributed by atoms with Crippen LogP contribution < -0.4 is 19.1 Å². The highest BCUT2D eigenvalue weighted by Gasteiger charge is 2.38. The second kappa shape index (κ2) is 12.2. The highest BCUT2D eigenvalue weighted by atomic mass is 32.2. The van der Waals surface area contributed by atoms with Gasteiger partial charge in [0.25, 0.3) is 20.0 Å². The molecule has 0 saturated heterocycles. The minimum Gasteiger partial charge on any atom is -0.486 e. The van der Waals surface area contributed by atoms with Gasteiger partial charge in [-0.05, 0) is 75.4 Å². The normalized spacial score (nSPS) is 15.4. The highest BCUT2D eigenvalue weighted by molar-refractivity contribution is 7.92. The minimum atomic E-state index is -4.85. The van der Waals surface area contributed by atoms with Gasteiger partial charge in [-0.2, -0.15) is 13.2 Å². The number of sulfonamides is 2. The fourth-order valence-electron chi connectivity index (χ4n) is 4.20. The minimum absolute atomic E-state index is 0.0493. The number of hydrogen-bond donors (Lipinski definition) is 2. The number of carbonyl (C=O) groups excluding carboxylic acids is 2. The summed E-state index contributed by atoms with van der Waals surface area (Å²) in [6.07, 6.45) is -7.78. The van der Waals surface area contributed by atoms with Crippen LogP contribution in [0.2, 0.25) is 0 Å². The van der Waals surface area contributed by atoms with E-state index in [-0.39, 0.29) is 17.1 Å². The van der Waals surface area contributed by atoms with E-state index in [0.717, 1.165) is 30.3 Å². The van der Waals surface area contributed by atoms with Crippen molar-refractivity contribution in [2.75, 3.05) is 16.2 Å². The first-order valence-corrected chi connectivity index (χ1v) is 16.0. The summed E-state index contributed by atoms with van der Waals surface area (Å²) in [7, 11) is -9.28. The fourth-order valence-corrected chi connectivity index (χ4v) is 6.77. The van der Waals surface area contributed by atoms with E-state index < -0.39 is 84.1 Å². The number of alkyl halides is 3. The van der Waals surface area contributed by atoms with Gasteiger partial charge in [0.2, 0.25) is 5.91 Å². The molecule has 1 aliphatic rings. The van der Waals surface area contributed by atoms with Gasteiger partial charge in [-0.15, -0.1) is 0 Å². The van der Waals surface area contributed by atoms with Crippen LogP contribution in [0.5, 0.6) is 5.75 Å². The molecule has 1 unspecified atom stereocenters. The molecule has 17 heteroatoms. The number of ether oxygens (including phenoxy) is 2. The number of fused-ring (bicyclic) bond motifs is 1. The second-order valence-electron chi connectivity index (χ2n) is 10.8. The van der Waals surface area contributed by atoms with Crippen molar-refractivity contribution in [1.82, 2.24) is 4.72 Å². The lowest BCUT2D eigenvalue weighted by atomic mass is 10.1. The van der Waals surface area contributed by atoms with E-state index in [0.29, 0.717) is 22.5 Å². The monoisotopic (exact) mass is 673 g/mol. The molecule has 4 rings (SSSR count). The number of amides is 2. The van der Waals surface area contributed by atoms with Crippen LogP contribution in [0.25, 0.3) is 0 Å². The molecule has 0 radical (unpaired) electrons. The number of rotatable bonds is 7. The Morgan fingerprint density at radius 1 is 0.956 bits per heavy atom. The molecule has 0 fully saturated rings. The molecule has 3 aromatic rings. The van der Waals surface area contributed by atoms with Gasteiger partial charge < -0.3 is 9.47 Å². The average molecular weight is 674 g/mol. The van der Waals surface area contributed by atoms with E-state index in [9.17, 15) is 44.0 Å². The Hall–Kier alpha value is -4.38. The summed E-state index contributed by atoms with van der Waals surface area (Å²) < 4.78 is 120. The summed E-state index contributed by atoms with van der Waals surface area (Å²) >= 11 is 0. The van der Waals surface area contributed by atoms with Crippen LogP contribution in [-0.2, 0) is 35.8 Å². The molecule has 0 bridgehead atoms. The molecule has 0 saturated carbocycles. The third-order valence-corrected chi connectivity index (χ3v) is 9.20. The molecular weight excluding hydrogens is 646 g/mol. The smallest absolute Gasteiger partial charge is 0.416 e. The summed E-state index contributed by atoms with van der Waals surface area (Å²) in [6, 6.07) is 10.7. The predicted molar refractivity (Wildman–Crippen MR) is 153 cm³/mol. The molecule has 0 spiro atoms. The zero-order valence-corrected chi connectivity index (χ0v) is 25.5. The first-order chi connectivity index (χ1) is 20.7. The van der Waals surface area contributed by atoms with Crippen molar-refractivity contribution in [3.05, 3.63) is 78.1 Å². The van der Waals surface area contributed by atoms with Gasteiger partial charge in [0.15, 0.2) is 0 Å². The molecule has 0 aromatic heterocycles. The summed E-state index contributed by atoms with van der Waals surface area (Å²) in [4.78, 5) is 23.8. The first-order valence-electron chi connectivity index (χ1n) is 13.1. The van der Waals surface area contributed by atoms with Gasteiger partial charge in [0, 0.05) is 5.69 Å². The first kappa shape index (κ1) is 33.5. The number of carbonyl (C=O) groups is 2. The fraction of sp³-hybridized carbons (Fsp3) is 0.286. The zero-order chi connectivity index (χ0) is 33.4. The zero-order valence-electron chi connectivity index (χ0n) is 23.9. The van der Waals surface area contributed by atoms with E-state index in [1.807, 2.05) is 0 Å². The van der Waals surface area contributed by atoms with E-state index in [1.54, 1.807) is 25.5 Å². The quantitative estimate of drug-likeness (QED) is 0.332. The number of hydrogen-bond acceptors (Lipinski definition) is 8. The van der Waals surface area contributed by atoms with Gasteiger partial charge in [-0.25, -0.2) is 30.7 Å². The summed E-state index contributed by atoms with van der Waals surface area (Å²) in [5.41, 5.74) is -2.23. The molecule has 11 nitrogen and oxygen atoms in total. The molecule has 0 aliphatic carbocycles. The van der Waals surface area contributed by atoms with E-state index in [1.165, 1.54) is 18.2 Å². The van der Waals surface area contributed by atoms with E-state index in [2.05, 4.69) is 5.32 Å². The van der Waals surface area contributed by atoms with Crippen molar-refractivity contribution < 1.29 is 53.5 Å². The van der Waals surface area contributed by atoms with Crippen molar-refractivity contribution in [2.45, 2.75) is 54.9 Å². The maximum Gasteiger partial charge on any atom is 0.416 e. The topological polar surface area (TPSA) is 148 Å². The molecule has 1 aliphatic heterocycles. The molecule has 45 heavy (non-hydrogen) atoms. The van der Waals surface area contributed by atoms with Crippen LogP contribution in [0, 0.1) is 5.82 Å². The lowest BCUT2D eigenvalue weighted by Gasteiger charge is -2.35. The summed E-state index contributed by atoms with van der Waals surface area (Å²) in [5, 5.41) is 2.43. The largest absolute Gasteiger partial charge is 0.486 e. The summed E-state index contributed by atoms with van der Waals surface area (Å²) in [6.45, 7) is 4.22. The Bertz CT molecular complexity index is 1840. The lowest BCUT2D eigenvalue weighted by Crippen LogP contribution is -2.46. The van der Waals surface area contributed by atoms with Crippen LogP contribution in [0.3, 0.4) is 0 Å². The number of anilines is 2. The number of benzene rings is 3. The van der Waals surface area contributed by atoms with Gasteiger partial charge in [0.05, 0.1) is 34.0 Å². The van der Waals surface area contributed by atoms with Crippen LogP contribution in [0.15, 0.2) is 76.5 Å². The third-order valence-electron chi connectivity index (χ3n) is 6.05. The molecule has 242 valence electrons. The molecule has 2 amide bonds. The Balaban J connectivity index is 1.68. The maximum absolute atomic E-state index is 13.8. The number of nitrogens with zero attached hydrogens (tertiary/aromatic N) is 1. The predicted octanol–water partition coefficient (Wildman–Crippen LogP) is 5.04. The summed E-state index contributed by atoms with van der Waals surface area (Å²) in [5.74, 6) is -2.14. The molecule has 3 aromatic carbocycles. The Kier molecular flexibility index (Phi) is 9.08. The van der Waals surface area contributed by atoms with E-state index in [4.69, 9.17) is 9.47 Å². The van der Waals surface area contributed by atoms with Crippen LogP contribution in [-0.4, -0.2) is 47.1 Å². The Labute approximate surface area is 256 Å². The highest BCUT2D eigenvalue weighted by Crippen LogP contribution is 2.40. The number of halogens is 4. The van der Waals surface area contributed by atoms with Crippen molar-refractivity contribution in [3.63, 3.8) is 0 Å².